The van der Waals surface area contributed by atoms with Crippen molar-refractivity contribution in [2.24, 2.45) is 17.8 Å². The van der Waals surface area contributed by atoms with Crippen LogP contribution in [0.4, 0.5) is 0 Å². The van der Waals surface area contributed by atoms with Gasteiger partial charge in [0.2, 0.25) is 0 Å². The number of allylic oxidation sites excluding steroid dienone is 2. The fourth-order valence-electron chi connectivity index (χ4n) is 2.84. The topological polar surface area (TPSA) is 0 Å². The fourth-order valence-corrected chi connectivity index (χ4v) is 2.84. The van der Waals surface area contributed by atoms with Gasteiger partial charge in [-0.2, -0.15) is 0 Å². The molecule has 2 aliphatic carbocycles. The van der Waals surface area contributed by atoms with Gasteiger partial charge in [0.15, 0.2) is 0 Å². The molecule has 0 N–H and O–H groups in total. The minimum Gasteiger partial charge on any atom is -0.0885 e. The summed E-state index contributed by atoms with van der Waals surface area (Å²) in [6.07, 6.45) is 12.1. The Morgan fingerprint density at radius 2 is 2.18 bits per heavy atom. The van der Waals surface area contributed by atoms with Gasteiger partial charge in [-0.1, -0.05) is 25.5 Å². The zero-order valence-corrected chi connectivity index (χ0v) is 7.42. The highest BCUT2D eigenvalue weighted by Crippen LogP contribution is 2.48. The normalized spacial score (nSPS) is 42.5. The van der Waals surface area contributed by atoms with Crippen molar-refractivity contribution in [1.29, 1.82) is 0 Å². The molecule has 62 valence electrons. The average Bonchev–Trinajstić information content (AvgIpc) is 2.60. The summed E-state index contributed by atoms with van der Waals surface area (Å²) < 4.78 is 0. The van der Waals surface area contributed by atoms with Crippen molar-refractivity contribution in [3.8, 4) is 0 Å². The van der Waals surface area contributed by atoms with Crippen LogP contribution in [-0.2, 0) is 0 Å². The molecule has 0 aliphatic heterocycles. The van der Waals surface area contributed by atoms with Crippen molar-refractivity contribution < 1.29 is 0 Å². The summed E-state index contributed by atoms with van der Waals surface area (Å²) in [5, 5.41) is 0. The summed E-state index contributed by atoms with van der Waals surface area (Å²) in [7, 11) is 0. The molecule has 11 heavy (non-hydrogen) atoms. The van der Waals surface area contributed by atoms with E-state index in [0.717, 1.165) is 17.8 Å². The third-order valence-corrected chi connectivity index (χ3v) is 3.41. The Labute approximate surface area is 69.7 Å². The number of hydrogen-bond acceptors (Lipinski definition) is 0. The second-order valence-electron chi connectivity index (χ2n) is 4.18. The van der Waals surface area contributed by atoms with E-state index < -0.39 is 0 Å². The summed E-state index contributed by atoms with van der Waals surface area (Å²) >= 11 is 0. The molecular formula is C11H18. The summed E-state index contributed by atoms with van der Waals surface area (Å²) in [4.78, 5) is 0. The van der Waals surface area contributed by atoms with Crippen LogP contribution in [0.2, 0.25) is 0 Å². The van der Waals surface area contributed by atoms with E-state index in [1.54, 1.807) is 6.42 Å². The first-order valence-corrected chi connectivity index (χ1v) is 5.06. The standard InChI is InChI=1S/C11H18/c1-2-3-4-10-7-9-5-6-11(10)8-9/h3-4,9-11H,2,5-8H2,1H3/b4-3+. The van der Waals surface area contributed by atoms with Crippen molar-refractivity contribution in [3.05, 3.63) is 12.2 Å². The molecule has 0 amide bonds. The maximum Gasteiger partial charge on any atom is -0.0202 e. The van der Waals surface area contributed by atoms with Crippen molar-refractivity contribution >= 4 is 0 Å². The zero-order valence-electron chi connectivity index (χ0n) is 7.42. The minimum atomic E-state index is 0.966. The molecule has 3 atom stereocenters. The summed E-state index contributed by atoms with van der Waals surface area (Å²) in [5.74, 6) is 3.14. The lowest BCUT2D eigenvalue weighted by Crippen LogP contribution is -2.06. The molecule has 0 heterocycles. The molecule has 2 bridgehead atoms. The third-order valence-electron chi connectivity index (χ3n) is 3.41. The lowest BCUT2D eigenvalue weighted by molar-refractivity contribution is 0.394. The van der Waals surface area contributed by atoms with Gasteiger partial charge < -0.3 is 0 Å². The Morgan fingerprint density at radius 1 is 1.27 bits per heavy atom. The predicted octanol–water partition coefficient (Wildman–Crippen LogP) is 3.39. The van der Waals surface area contributed by atoms with Crippen LogP contribution in [0.25, 0.3) is 0 Å². The average molecular weight is 150 g/mol. The first-order valence-electron chi connectivity index (χ1n) is 5.06. The Balaban J connectivity index is 1.92. The van der Waals surface area contributed by atoms with Gasteiger partial charge in [0.1, 0.15) is 0 Å². The van der Waals surface area contributed by atoms with Crippen LogP contribution in [0, 0.1) is 17.8 Å². The highest BCUT2D eigenvalue weighted by atomic mass is 14.4. The number of rotatable bonds is 2. The molecule has 2 saturated carbocycles. The summed E-state index contributed by atoms with van der Waals surface area (Å²) in [6, 6.07) is 0. The van der Waals surface area contributed by atoms with E-state index in [2.05, 4.69) is 19.1 Å². The van der Waals surface area contributed by atoms with Gasteiger partial charge in [0.25, 0.3) is 0 Å². The Bertz CT molecular complexity index is 157. The monoisotopic (exact) mass is 150 g/mol. The molecule has 2 rings (SSSR count). The molecule has 0 aromatic heterocycles. The van der Waals surface area contributed by atoms with Gasteiger partial charge >= 0.3 is 0 Å². The SMILES string of the molecule is CC/C=C/C1CC2CCC1C2. The molecule has 2 aliphatic rings. The molecule has 0 radical (unpaired) electrons. The second kappa shape index (κ2) is 3.00. The maximum absolute atomic E-state index is 2.48. The largest absolute Gasteiger partial charge is 0.0885 e. The maximum atomic E-state index is 2.48. The molecule has 0 aromatic rings. The van der Waals surface area contributed by atoms with Gasteiger partial charge in [-0.3, -0.25) is 0 Å². The number of hydrogen-bond donors (Lipinski definition) is 0. The van der Waals surface area contributed by atoms with Gasteiger partial charge in [-0.25, -0.2) is 0 Å². The van der Waals surface area contributed by atoms with Gasteiger partial charge in [0.05, 0.1) is 0 Å². The van der Waals surface area contributed by atoms with Crippen molar-refractivity contribution in [2.75, 3.05) is 0 Å². The Hall–Kier alpha value is -0.260. The molecule has 0 aromatic carbocycles. The van der Waals surface area contributed by atoms with E-state index in [1.807, 2.05) is 0 Å². The molecule has 0 nitrogen and oxygen atoms in total. The third kappa shape index (κ3) is 1.36. The Morgan fingerprint density at radius 3 is 2.73 bits per heavy atom. The molecule has 0 heteroatoms. The van der Waals surface area contributed by atoms with Crippen LogP contribution >= 0.6 is 0 Å². The van der Waals surface area contributed by atoms with E-state index in [4.69, 9.17) is 0 Å². The zero-order chi connectivity index (χ0) is 7.68. The highest BCUT2D eigenvalue weighted by Gasteiger charge is 2.37. The number of fused-ring (bicyclic) bond motifs is 2. The van der Waals surface area contributed by atoms with E-state index in [9.17, 15) is 0 Å². The van der Waals surface area contributed by atoms with Crippen LogP contribution in [0.15, 0.2) is 12.2 Å². The summed E-state index contributed by atoms with van der Waals surface area (Å²) in [5.41, 5.74) is 0. The van der Waals surface area contributed by atoms with Gasteiger partial charge in [0, 0.05) is 0 Å². The van der Waals surface area contributed by atoms with Crippen LogP contribution in [-0.4, -0.2) is 0 Å². The van der Waals surface area contributed by atoms with Crippen LogP contribution in [0.5, 0.6) is 0 Å². The van der Waals surface area contributed by atoms with Crippen LogP contribution in [0.3, 0.4) is 0 Å². The molecular weight excluding hydrogens is 132 g/mol. The summed E-state index contributed by atoms with van der Waals surface area (Å²) in [6.45, 7) is 2.23. The van der Waals surface area contributed by atoms with Crippen molar-refractivity contribution in [3.63, 3.8) is 0 Å². The molecule has 0 saturated heterocycles. The van der Waals surface area contributed by atoms with E-state index >= 15 is 0 Å². The van der Waals surface area contributed by atoms with Crippen molar-refractivity contribution in [1.82, 2.24) is 0 Å². The first kappa shape index (κ1) is 7.39. The van der Waals surface area contributed by atoms with E-state index in [1.165, 1.54) is 25.7 Å². The molecule has 0 spiro atoms. The van der Waals surface area contributed by atoms with Crippen LogP contribution in [0.1, 0.15) is 39.0 Å². The van der Waals surface area contributed by atoms with E-state index in [-0.39, 0.29) is 0 Å². The fraction of sp³-hybridized carbons (Fsp3) is 0.818. The molecule has 2 fully saturated rings. The van der Waals surface area contributed by atoms with Gasteiger partial charge in [-0.15, -0.1) is 0 Å². The lowest BCUT2D eigenvalue weighted by Gasteiger charge is -2.17. The van der Waals surface area contributed by atoms with Crippen molar-refractivity contribution in [2.45, 2.75) is 39.0 Å². The second-order valence-corrected chi connectivity index (χ2v) is 4.18. The van der Waals surface area contributed by atoms with Crippen LogP contribution < -0.4 is 0 Å². The van der Waals surface area contributed by atoms with E-state index in [0.29, 0.717) is 0 Å². The molecule has 3 unspecified atom stereocenters. The highest BCUT2D eigenvalue weighted by molar-refractivity contribution is 5.00. The Kier molecular flexibility index (Phi) is 2.02. The first-order chi connectivity index (χ1) is 5.40. The minimum absolute atomic E-state index is 0.966. The smallest absolute Gasteiger partial charge is 0.0202 e. The lowest BCUT2D eigenvalue weighted by atomic mass is 9.88. The predicted molar refractivity (Wildman–Crippen MR) is 48.4 cm³/mol. The van der Waals surface area contributed by atoms with Gasteiger partial charge in [-0.05, 0) is 43.4 Å². The quantitative estimate of drug-likeness (QED) is 0.529.